The number of carboxylic acid groups (broad SMARTS) is 1. The molecule has 0 bridgehead atoms. The Morgan fingerprint density at radius 1 is 1.59 bits per heavy atom. The summed E-state index contributed by atoms with van der Waals surface area (Å²) in [6, 6.07) is 1.78. The molecule has 0 amide bonds. The Kier molecular flexibility index (Phi) is 4.48. The van der Waals surface area contributed by atoms with Crippen LogP contribution >= 0.6 is 11.3 Å². The molecule has 86 valence electrons. The number of aromatic nitrogens is 2. The summed E-state index contributed by atoms with van der Waals surface area (Å²) in [6.45, 7) is 1.98. The van der Waals surface area contributed by atoms with E-state index in [1.54, 1.807) is 6.07 Å². The van der Waals surface area contributed by atoms with E-state index in [1.807, 2.05) is 6.92 Å². The Bertz CT molecular complexity index is 632. The van der Waals surface area contributed by atoms with Crippen LogP contribution in [0.2, 0.25) is 0 Å². The Balaban J connectivity index is 0.00000144. The monoisotopic (exact) mass is 262 g/mol. The zero-order chi connectivity index (χ0) is 11.9. The maximum absolute atomic E-state index is 11.8. The molecule has 0 aromatic carbocycles. The number of hydrogen-bond donors (Lipinski definition) is 1. The van der Waals surface area contributed by atoms with Gasteiger partial charge in [0, 0.05) is 11.9 Å². The topological polar surface area (TPSA) is 72.2 Å². The van der Waals surface area contributed by atoms with E-state index < -0.39 is 5.97 Å². The molecule has 17 heavy (non-hydrogen) atoms. The average Bonchev–Trinajstić information content (AvgIpc) is 2.66. The van der Waals surface area contributed by atoms with Crippen molar-refractivity contribution in [3.05, 3.63) is 27.1 Å². The Morgan fingerprint density at radius 2 is 2.24 bits per heavy atom. The predicted molar refractivity (Wildman–Crippen MR) is 68.3 cm³/mol. The van der Waals surface area contributed by atoms with E-state index in [9.17, 15) is 9.59 Å². The van der Waals surface area contributed by atoms with Gasteiger partial charge in [0.05, 0.1) is 5.39 Å². The zero-order valence-electron chi connectivity index (χ0n) is 8.85. The first-order chi connectivity index (χ1) is 7.54. The maximum atomic E-state index is 11.8. The first-order valence-corrected chi connectivity index (χ1v) is 5.59. The summed E-state index contributed by atoms with van der Waals surface area (Å²) in [5.41, 5.74) is -0.307. The fraction of sp³-hybridized carbons (Fsp3) is 0.300. The molecule has 0 aliphatic rings. The third-order valence-electron chi connectivity index (χ3n) is 2.36. The van der Waals surface area contributed by atoms with Crippen molar-refractivity contribution < 1.29 is 9.90 Å². The number of nitrogens with zero attached hydrogens (tertiary/aromatic N) is 2. The molecule has 2 heterocycles. The summed E-state index contributed by atoms with van der Waals surface area (Å²) in [6.07, 6.45) is 0.812. The van der Waals surface area contributed by atoms with Crippen molar-refractivity contribution in [2.45, 2.75) is 13.3 Å². The van der Waals surface area contributed by atoms with Crippen LogP contribution in [-0.4, -0.2) is 50.2 Å². The van der Waals surface area contributed by atoms with Crippen molar-refractivity contribution in [3.8, 4) is 0 Å². The molecule has 1 N–H and O–H groups in total. The van der Waals surface area contributed by atoms with E-state index >= 15 is 0 Å². The summed E-state index contributed by atoms with van der Waals surface area (Å²) in [5, 5.41) is 9.39. The van der Waals surface area contributed by atoms with Gasteiger partial charge in [0.1, 0.15) is 4.83 Å². The molecule has 7 heteroatoms. The third kappa shape index (κ3) is 2.44. The molecule has 0 saturated carbocycles. The standard InChI is InChI=1S/C10H10N2O3S.Na.H/c1-3-5-4-6-8(16-5)11-7(10(14)15)12(2)9(6)13;;/h4H,3H2,1-2H3,(H,14,15);;. The van der Waals surface area contributed by atoms with Crippen molar-refractivity contribution in [1.82, 2.24) is 9.55 Å². The van der Waals surface area contributed by atoms with Gasteiger partial charge >= 0.3 is 35.5 Å². The number of carbonyl (C=O) groups is 1. The van der Waals surface area contributed by atoms with E-state index in [0.29, 0.717) is 10.2 Å². The quantitative estimate of drug-likeness (QED) is 0.805. The fourth-order valence-electron chi connectivity index (χ4n) is 1.48. The second-order valence-electron chi connectivity index (χ2n) is 3.39. The normalized spacial score (nSPS) is 10.2. The molecule has 0 saturated heterocycles. The van der Waals surface area contributed by atoms with Gasteiger partial charge in [-0.25, -0.2) is 9.78 Å². The van der Waals surface area contributed by atoms with Crippen LogP contribution in [0.5, 0.6) is 0 Å². The Morgan fingerprint density at radius 3 is 2.76 bits per heavy atom. The van der Waals surface area contributed by atoms with Crippen LogP contribution in [0.1, 0.15) is 22.4 Å². The van der Waals surface area contributed by atoms with Gasteiger partial charge < -0.3 is 5.11 Å². The predicted octanol–water partition coefficient (Wildman–Crippen LogP) is 0.607. The Labute approximate surface area is 123 Å². The first kappa shape index (κ1) is 14.4. The molecule has 0 fully saturated rings. The molecule has 2 aromatic heterocycles. The van der Waals surface area contributed by atoms with Crippen LogP contribution in [0, 0.1) is 0 Å². The van der Waals surface area contributed by atoms with E-state index in [-0.39, 0.29) is 40.9 Å². The second-order valence-corrected chi connectivity index (χ2v) is 4.51. The number of aryl methyl sites for hydroxylation is 1. The number of fused-ring (bicyclic) bond motifs is 1. The molecular formula is C10H11N2NaO3S. The molecule has 5 nitrogen and oxygen atoms in total. The fourth-order valence-corrected chi connectivity index (χ4v) is 2.44. The number of thiophene rings is 1. The van der Waals surface area contributed by atoms with Crippen LogP contribution in [-0.2, 0) is 13.5 Å². The van der Waals surface area contributed by atoms with Crippen LogP contribution < -0.4 is 5.56 Å². The zero-order valence-corrected chi connectivity index (χ0v) is 9.67. The molecular weight excluding hydrogens is 251 g/mol. The second kappa shape index (κ2) is 5.30. The molecule has 0 spiro atoms. The molecule has 0 unspecified atom stereocenters. The van der Waals surface area contributed by atoms with Crippen LogP contribution in [0.3, 0.4) is 0 Å². The summed E-state index contributed by atoms with van der Waals surface area (Å²) < 4.78 is 1.07. The van der Waals surface area contributed by atoms with Crippen LogP contribution in [0.4, 0.5) is 0 Å². The summed E-state index contributed by atoms with van der Waals surface area (Å²) in [5.74, 6) is -1.41. The van der Waals surface area contributed by atoms with Gasteiger partial charge in [-0.3, -0.25) is 9.36 Å². The van der Waals surface area contributed by atoms with Crippen molar-refractivity contribution >= 4 is 57.1 Å². The summed E-state index contributed by atoms with van der Waals surface area (Å²) in [4.78, 5) is 28.2. The Hall–Kier alpha value is -0.690. The van der Waals surface area contributed by atoms with Crippen LogP contribution in [0.15, 0.2) is 10.9 Å². The SMILES string of the molecule is CCc1cc2c(=O)n(C)c(C(=O)O)nc2s1.[NaH]. The molecule has 0 atom stereocenters. The minimum absolute atomic E-state index is 0. The molecule has 2 aromatic rings. The molecule has 0 aliphatic carbocycles. The number of aromatic carboxylic acids is 1. The first-order valence-electron chi connectivity index (χ1n) is 4.77. The van der Waals surface area contributed by atoms with E-state index in [0.717, 1.165) is 15.9 Å². The number of rotatable bonds is 2. The molecule has 0 aliphatic heterocycles. The summed E-state index contributed by atoms with van der Waals surface area (Å²) >= 11 is 1.36. The third-order valence-corrected chi connectivity index (χ3v) is 3.54. The van der Waals surface area contributed by atoms with Gasteiger partial charge in [-0.1, -0.05) is 6.92 Å². The van der Waals surface area contributed by atoms with Crippen molar-refractivity contribution in [2.75, 3.05) is 0 Å². The van der Waals surface area contributed by atoms with Gasteiger partial charge in [0.25, 0.3) is 5.56 Å². The van der Waals surface area contributed by atoms with Crippen LogP contribution in [0.25, 0.3) is 10.2 Å². The van der Waals surface area contributed by atoms with E-state index in [2.05, 4.69) is 4.98 Å². The van der Waals surface area contributed by atoms with E-state index in [1.165, 1.54) is 18.4 Å². The van der Waals surface area contributed by atoms with Gasteiger partial charge in [-0.2, -0.15) is 0 Å². The van der Waals surface area contributed by atoms with Gasteiger partial charge in [0.15, 0.2) is 0 Å². The van der Waals surface area contributed by atoms with Gasteiger partial charge in [0.2, 0.25) is 5.82 Å². The molecule has 2 rings (SSSR count). The summed E-state index contributed by atoms with van der Waals surface area (Å²) in [7, 11) is 1.42. The van der Waals surface area contributed by atoms with Gasteiger partial charge in [-0.05, 0) is 12.5 Å². The average molecular weight is 262 g/mol. The van der Waals surface area contributed by atoms with Crippen molar-refractivity contribution in [3.63, 3.8) is 0 Å². The van der Waals surface area contributed by atoms with Crippen molar-refractivity contribution in [1.29, 1.82) is 0 Å². The number of hydrogen-bond acceptors (Lipinski definition) is 4. The molecule has 0 radical (unpaired) electrons. The van der Waals surface area contributed by atoms with Gasteiger partial charge in [-0.15, -0.1) is 11.3 Å². The number of carboxylic acids is 1. The minimum atomic E-state index is -1.19. The van der Waals surface area contributed by atoms with Crippen molar-refractivity contribution in [2.24, 2.45) is 7.05 Å². The van der Waals surface area contributed by atoms with E-state index in [4.69, 9.17) is 5.11 Å².